The maximum Gasteiger partial charge on any atom is 0.458 e. The van der Waals surface area contributed by atoms with Crippen molar-refractivity contribution in [1.29, 1.82) is 0 Å². The second kappa shape index (κ2) is 8.81. The Kier molecular flexibility index (Phi) is 6.28. The first-order valence-corrected chi connectivity index (χ1v) is 11.2. The van der Waals surface area contributed by atoms with Crippen LogP contribution in [0.3, 0.4) is 0 Å². The van der Waals surface area contributed by atoms with E-state index in [1.807, 2.05) is 0 Å². The van der Waals surface area contributed by atoms with Crippen molar-refractivity contribution < 1.29 is 22.0 Å². The predicted molar refractivity (Wildman–Crippen MR) is 112 cm³/mol. The fourth-order valence-electron chi connectivity index (χ4n) is 5.64. The smallest absolute Gasteiger partial charge is 0.205 e. The first-order valence-electron chi connectivity index (χ1n) is 11.2. The Morgan fingerprint density at radius 3 is 2.48 bits per heavy atom. The fourth-order valence-corrected chi connectivity index (χ4v) is 5.64. The molecule has 31 heavy (non-hydrogen) atoms. The monoisotopic (exact) mass is 434 g/mol. The molecule has 2 saturated carbocycles. The third kappa shape index (κ3) is 5.22. The lowest BCUT2D eigenvalue weighted by Gasteiger charge is -2.41. The van der Waals surface area contributed by atoms with Crippen LogP contribution in [0, 0.1) is 47.1 Å². The zero-order valence-electron chi connectivity index (χ0n) is 17.7. The number of benzene rings is 2. The molecule has 0 nitrogen and oxygen atoms in total. The van der Waals surface area contributed by atoms with Crippen LogP contribution in [0.4, 0.5) is 22.0 Å². The van der Waals surface area contributed by atoms with Gasteiger partial charge in [-0.1, -0.05) is 43.9 Å². The van der Waals surface area contributed by atoms with Crippen molar-refractivity contribution in [3.63, 3.8) is 0 Å². The Morgan fingerprint density at radius 2 is 1.71 bits per heavy atom. The van der Waals surface area contributed by atoms with Gasteiger partial charge in [0, 0.05) is 11.3 Å². The number of halogens is 5. The molecule has 166 valence electrons. The largest absolute Gasteiger partial charge is 0.458 e. The fraction of sp³-hybridized carbons (Fsp3) is 0.538. The van der Waals surface area contributed by atoms with Crippen LogP contribution in [0.2, 0.25) is 0 Å². The molecule has 2 aromatic carbocycles. The highest BCUT2D eigenvalue weighted by molar-refractivity contribution is 5.85. The summed E-state index contributed by atoms with van der Waals surface area (Å²) in [7, 11) is 0. The standard InChI is InChI=1S/C26H27F5/c1-16-2-7-20-13-17(5-8-19(20)12-16)3-4-18-6-9-22-21(14-18)15-24(27)23(25(22)28)10-11-26(29,30)31/h6,9,14-17,19-20H,2-5,7-8,12-13H2,1H3. The van der Waals surface area contributed by atoms with Crippen LogP contribution in [0.15, 0.2) is 24.3 Å². The molecule has 0 heterocycles. The molecule has 0 N–H and O–H groups in total. The molecule has 4 unspecified atom stereocenters. The summed E-state index contributed by atoms with van der Waals surface area (Å²) in [6.45, 7) is 2.36. The molecular weight excluding hydrogens is 407 g/mol. The van der Waals surface area contributed by atoms with Crippen molar-refractivity contribution in [2.24, 2.45) is 23.7 Å². The number of rotatable bonds is 3. The van der Waals surface area contributed by atoms with Crippen LogP contribution in [-0.2, 0) is 6.42 Å². The van der Waals surface area contributed by atoms with Gasteiger partial charge in [0.1, 0.15) is 11.6 Å². The van der Waals surface area contributed by atoms with Gasteiger partial charge >= 0.3 is 6.18 Å². The van der Waals surface area contributed by atoms with Gasteiger partial charge in [0.15, 0.2) is 0 Å². The van der Waals surface area contributed by atoms with Gasteiger partial charge in [-0.15, -0.1) is 0 Å². The second-order valence-corrected chi connectivity index (χ2v) is 9.51. The van der Waals surface area contributed by atoms with Crippen molar-refractivity contribution in [2.75, 3.05) is 0 Å². The topological polar surface area (TPSA) is 0 Å². The van der Waals surface area contributed by atoms with E-state index in [2.05, 4.69) is 6.92 Å². The summed E-state index contributed by atoms with van der Waals surface area (Å²) in [5.41, 5.74) is 0.163. The lowest BCUT2D eigenvalue weighted by Crippen LogP contribution is -2.30. The van der Waals surface area contributed by atoms with Crippen LogP contribution in [0.1, 0.15) is 63.0 Å². The first-order chi connectivity index (χ1) is 14.7. The Hall–Kier alpha value is -2.09. The summed E-state index contributed by atoms with van der Waals surface area (Å²) in [6, 6.07) is 6.14. The van der Waals surface area contributed by atoms with Crippen molar-refractivity contribution in [1.82, 2.24) is 0 Å². The average molecular weight is 434 g/mol. The van der Waals surface area contributed by atoms with Gasteiger partial charge in [0.2, 0.25) is 0 Å². The van der Waals surface area contributed by atoms with E-state index in [1.165, 1.54) is 44.6 Å². The Morgan fingerprint density at radius 1 is 0.968 bits per heavy atom. The van der Waals surface area contributed by atoms with Gasteiger partial charge in [0.05, 0.1) is 5.56 Å². The van der Waals surface area contributed by atoms with E-state index in [-0.39, 0.29) is 5.39 Å². The van der Waals surface area contributed by atoms with Crippen molar-refractivity contribution in [3.05, 3.63) is 47.0 Å². The first kappa shape index (κ1) is 22.1. The molecule has 2 fully saturated rings. The molecule has 0 bridgehead atoms. The molecule has 2 aliphatic rings. The van der Waals surface area contributed by atoms with E-state index in [0.717, 1.165) is 48.1 Å². The number of hydrogen-bond acceptors (Lipinski definition) is 0. The lowest BCUT2D eigenvalue weighted by atomic mass is 9.64. The van der Waals surface area contributed by atoms with Gasteiger partial charge < -0.3 is 0 Å². The molecule has 4 rings (SSSR count). The number of alkyl halides is 3. The van der Waals surface area contributed by atoms with Gasteiger partial charge in [-0.3, -0.25) is 0 Å². The summed E-state index contributed by atoms with van der Waals surface area (Å²) in [5, 5.41) is 0.448. The lowest BCUT2D eigenvalue weighted by molar-refractivity contribution is -0.0696. The van der Waals surface area contributed by atoms with E-state index >= 15 is 0 Å². The van der Waals surface area contributed by atoms with Gasteiger partial charge in [-0.2, -0.15) is 13.2 Å². The normalized spacial score (nSPS) is 26.3. The van der Waals surface area contributed by atoms with Gasteiger partial charge in [0.25, 0.3) is 0 Å². The van der Waals surface area contributed by atoms with Crippen molar-refractivity contribution in [3.8, 4) is 11.8 Å². The zero-order chi connectivity index (χ0) is 22.2. The Labute approximate surface area is 180 Å². The van der Waals surface area contributed by atoms with E-state index in [9.17, 15) is 22.0 Å². The maximum atomic E-state index is 14.6. The van der Waals surface area contributed by atoms with E-state index in [1.54, 1.807) is 18.1 Å². The van der Waals surface area contributed by atoms with Crippen LogP contribution in [0.5, 0.6) is 0 Å². The summed E-state index contributed by atoms with van der Waals surface area (Å²) in [6.07, 6.45) is 5.01. The summed E-state index contributed by atoms with van der Waals surface area (Å²) in [5.74, 6) is 3.73. The summed E-state index contributed by atoms with van der Waals surface area (Å²) in [4.78, 5) is 0. The molecule has 0 amide bonds. The maximum absolute atomic E-state index is 14.6. The van der Waals surface area contributed by atoms with Crippen LogP contribution in [-0.4, -0.2) is 6.18 Å². The minimum Gasteiger partial charge on any atom is -0.205 e. The summed E-state index contributed by atoms with van der Waals surface area (Å²) >= 11 is 0. The number of aryl methyl sites for hydroxylation is 1. The van der Waals surface area contributed by atoms with E-state index in [0.29, 0.717) is 11.3 Å². The molecule has 0 aliphatic heterocycles. The van der Waals surface area contributed by atoms with E-state index < -0.39 is 23.4 Å². The number of fused-ring (bicyclic) bond motifs is 2. The Bertz CT molecular complexity index is 1010. The quantitative estimate of drug-likeness (QED) is 0.341. The molecule has 2 aromatic rings. The molecule has 0 radical (unpaired) electrons. The van der Waals surface area contributed by atoms with Crippen LogP contribution < -0.4 is 0 Å². The van der Waals surface area contributed by atoms with Gasteiger partial charge in [-0.05, 0) is 79.2 Å². The SMILES string of the molecule is CC1CCC2CC(CCc3ccc4c(F)c(C#CC(F)(F)F)c(F)cc4c3)CCC2C1. The third-order valence-corrected chi connectivity index (χ3v) is 7.25. The summed E-state index contributed by atoms with van der Waals surface area (Å²) < 4.78 is 65.7. The minimum absolute atomic E-state index is 0.0912. The third-order valence-electron chi connectivity index (χ3n) is 7.25. The van der Waals surface area contributed by atoms with Crippen molar-refractivity contribution >= 4 is 10.8 Å². The number of hydrogen-bond donors (Lipinski definition) is 0. The highest BCUT2D eigenvalue weighted by atomic mass is 19.4. The molecule has 4 atom stereocenters. The second-order valence-electron chi connectivity index (χ2n) is 9.51. The minimum atomic E-state index is -4.80. The average Bonchev–Trinajstić information content (AvgIpc) is 2.71. The van der Waals surface area contributed by atoms with Crippen LogP contribution >= 0.6 is 0 Å². The molecular formula is C26H27F5. The van der Waals surface area contributed by atoms with Crippen LogP contribution in [0.25, 0.3) is 10.8 Å². The van der Waals surface area contributed by atoms with Gasteiger partial charge in [-0.25, -0.2) is 8.78 Å². The molecule has 0 spiro atoms. The van der Waals surface area contributed by atoms with Crippen molar-refractivity contribution in [2.45, 2.75) is 64.5 Å². The molecule has 2 aliphatic carbocycles. The van der Waals surface area contributed by atoms with E-state index in [4.69, 9.17) is 0 Å². The highest BCUT2D eigenvalue weighted by Gasteiger charge is 2.34. The molecule has 5 heteroatoms. The Balaban J connectivity index is 1.45. The zero-order valence-corrected chi connectivity index (χ0v) is 17.7. The predicted octanol–water partition coefficient (Wildman–Crippen LogP) is 7.82. The molecule has 0 aromatic heterocycles. The highest BCUT2D eigenvalue weighted by Crippen LogP contribution is 2.45. The molecule has 0 saturated heterocycles.